The Hall–Kier alpha value is -2.69. The monoisotopic (exact) mass is 252 g/mol. The van der Waals surface area contributed by atoms with Crippen LogP contribution < -0.4 is 10.1 Å². The second-order valence-corrected chi connectivity index (χ2v) is 4.45. The van der Waals surface area contributed by atoms with Crippen LogP contribution in [0.15, 0.2) is 52.6 Å². The number of aliphatic imine (C=N–C) groups is 1. The van der Waals surface area contributed by atoms with Crippen molar-refractivity contribution in [2.45, 2.75) is 6.10 Å². The third-order valence-electron chi connectivity index (χ3n) is 3.32. The Labute approximate surface area is 108 Å². The van der Waals surface area contributed by atoms with Crippen molar-refractivity contribution in [1.82, 2.24) is 5.32 Å². The van der Waals surface area contributed by atoms with E-state index in [-0.39, 0.29) is 5.91 Å². The summed E-state index contributed by atoms with van der Waals surface area (Å²) in [6.07, 6.45) is 2.74. The molecule has 1 unspecified atom stereocenters. The molecular weight excluding hydrogens is 244 g/mol. The van der Waals surface area contributed by atoms with Crippen LogP contribution in [0.25, 0.3) is 0 Å². The summed E-state index contributed by atoms with van der Waals surface area (Å²) < 4.78 is 5.82. The zero-order chi connectivity index (χ0) is 13.0. The lowest BCUT2D eigenvalue weighted by Gasteiger charge is -2.26. The van der Waals surface area contributed by atoms with E-state index in [9.17, 15) is 9.59 Å². The van der Waals surface area contributed by atoms with Crippen molar-refractivity contribution in [3.63, 3.8) is 0 Å². The fourth-order valence-corrected chi connectivity index (χ4v) is 2.44. The number of hydrogen-bond donors (Lipinski definition) is 1. The Morgan fingerprint density at radius 3 is 2.84 bits per heavy atom. The Morgan fingerprint density at radius 1 is 1.11 bits per heavy atom. The van der Waals surface area contributed by atoms with Gasteiger partial charge in [0.1, 0.15) is 11.4 Å². The molecule has 5 heteroatoms. The number of nitrogens with one attached hydrogen (secondary N) is 1. The van der Waals surface area contributed by atoms with Crippen LogP contribution in [0, 0.1) is 0 Å². The molecule has 2 amide bonds. The first-order valence-electron chi connectivity index (χ1n) is 5.86. The maximum Gasteiger partial charge on any atom is 0.259 e. The molecule has 1 aromatic rings. The number of amides is 2. The van der Waals surface area contributed by atoms with Gasteiger partial charge in [-0.3, -0.25) is 14.9 Å². The third kappa shape index (κ3) is 1.32. The van der Waals surface area contributed by atoms with E-state index in [4.69, 9.17) is 4.74 Å². The van der Waals surface area contributed by atoms with Gasteiger partial charge in [-0.2, -0.15) is 0 Å². The van der Waals surface area contributed by atoms with Crippen molar-refractivity contribution in [1.29, 1.82) is 0 Å². The van der Waals surface area contributed by atoms with Crippen molar-refractivity contribution in [3.05, 3.63) is 47.6 Å². The number of benzene rings is 1. The van der Waals surface area contributed by atoms with Crippen molar-refractivity contribution in [2.75, 3.05) is 0 Å². The summed E-state index contributed by atoms with van der Waals surface area (Å²) in [5.41, 5.74) is 2.09. The number of carbonyl (C=O) groups excluding carboxylic acids is 2. The quantitative estimate of drug-likeness (QED) is 0.701. The summed E-state index contributed by atoms with van der Waals surface area (Å²) in [6, 6.07) is 7.35. The van der Waals surface area contributed by atoms with Gasteiger partial charge in [-0.15, -0.1) is 0 Å². The predicted molar refractivity (Wildman–Crippen MR) is 67.3 cm³/mol. The molecule has 19 heavy (non-hydrogen) atoms. The minimum atomic E-state index is -0.596. The molecular formula is C14H8N2O3. The zero-order valence-electron chi connectivity index (χ0n) is 9.71. The summed E-state index contributed by atoms with van der Waals surface area (Å²) in [5, 5.41) is 2.28. The summed E-state index contributed by atoms with van der Waals surface area (Å²) in [4.78, 5) is 27.9. The molecule has 0 bridgehead atoms. The van der Waals surface area contributed by atoms with Crippen LogP contribution in [0.1, 0.15) is 0 Å². The highest BCUT2D eigenvalue weighted by Crippen LogP contribution is 2.37. The van der Waals surface area contributed by atoms with E-state index >= 15 is 0 Å². The first-order chi connectivity index (χ1) is 9.24. The van der Waals surface area contributed by atoms with Crippen LogP contribution in [-0.2, 0) is 9.59 Å². The summed E-state index contributed by atoms with van der Waals surface area (Å²) in [6.45, 7) is 0. The molecule has 0 spiro atoms. The van der Waals surface area contributed by atoms with Gasteiger partial charge in [-0.1, -0.05) is 12.1 Å². The Kier molecular flexibility index (Phi) is 1.84. The maximum absolute atomic E-state index is 11.8. The Morgan fingerprint density at radius 2 is 1.95 bits per heavy atom. The van der Waals surface area contributed by atoms with E-state index in [0.29, 0.717) is 22.6 Å². The number of hydrogen-bond acceptors (Lipinski definition) is 4. The maximum atomic E-state index is 11.8. The Bertz CT molecular complexity index is 728. The normalized spacial score (nSPS) is 23.2. The van der Waals surface area contributed by atoms with Gasteiger partial charge in [0.15, 0.2) is 6.10 Å². The predicted octanol–water partition coefficient (Wildman–Crippen LogP) is 1.04. The third-order valence-corrected chi connectivity index (χ3v) is 3.32. The van der Waals surface area contributed by atoms with Gasteiger partial charge in [0, 0.05) is 0 Å². The lowest BCUT2D eigenvalue weighted by atomic mass is 9.94. The van der Waals surface area contributed by atoms with E-state index in [1.54, 1.807) is 18.2 Å². The highest BCUT2D eigenvalue weighted by Gasteiger charge is 2.41. The topological polar surface area (TPSA) is 67.8 Å². The van der Waals surface area contributed by atoms with Crippen LogP contribution in [0.2, 0.25) is 0 Å². The first kappa shape index (κ1) is 10.3. The summed E-state index contributed by atoms with van der Waals surface area (Å²) >= 11 is 0. The van der Waals surface area contributed by atoms with Gasteiger partial charge in [-0.05, 0) is 24.3 Å². The SMILES string of the molecule is O=C1NC(=O)C2=C1C=CC1=Nc3ccccc3OC12. The largest absolute Gasteiger partial charge is 0.477 e. The standard InChI is InChI=1S/C14H8N2O3/c17-13-7-5-6-9-12(11(7)14(18)16-13)19-10-4-2-1-3-8(10)15-9/h1-6,12H,(H,16,17,18). The van der Waals surface area contributed by atoms with Gasteiger partial charge in [0.05, 0.1) is 16.9 Å². The first-order valence-corrected chi connectivity index (χ1v) is 5.86. The smallest absolute Gasteiger partial charge is 0.259 e. The van der Waals surface area contributed by atoms with Crippen LogP contribution in [-0.4, -0.2) is 23.6 Å². The van der Waals surface area contributed by atoms with Crippen LogP contribution in [0.5, 0.6) is 5.75 Å². The van der Waals surface area contributed by atoms with Crippen molar-refractivity contribution < 1.29 is 14.3 Å². The Balaban J connectivity index is 1.88. The number of nitrogens with zero attached hydrogens (tertiary/aromatic N) is 1. The molecule has 1 atom stereocenters. The molecule has 4 rings (SSSR count). The molecule has 2 heterocycles. The number of ether oxygens (including phenoxy) is 1. The molecule has 1 N–H and O–H groups in total. The van der Waals surface area contributed by atoms with Gasteiger partial charge < -0.3 is 4.74 Å². The van der Waals surface area contributed by atoms with Crippen molar-refractivity contribution in [2.24, 2.45) is 4.99 Å². The lowest BCUT2D eigenvalue weighted by Crippen LogP contribution is -2.36. The van der Waals surface area contributed by atoms with Gasteiger partial charge in [-0.25, -0.2) is 4.99 Å². The van der Waals surface area contributed by atoms with Crippen molar-refractivity contribution in [3.8, 4) is 5.75 Å². The number of rotatable bonds is 0. The minimum Gasteiger partial charge on any atom is -0.477 e. The zero-order valence-corrected chi connectivity index (χ0v) is 9.71. The molecule has 0 aromatic heterocycles. The van der Waals surface area contributed by atoms with Crippen LogP contribution >= 0.6 is 0 Å². The van der Waals surface area contributed by atoms with Gasteiger partial charge in [0.25, 0.3) is 11.8 Å². The van der Waals surface area contributed by atoms with Gasteiger partial charge in [0.2, 0.25) is 0 Å². The van der Waals surface area contributed by atoms with Gasteiger partial charge >= 0.3 is 0 Å². The van der Waals surface area contributed by atoms with E-state index in [0.717, 1.165) is 5.69 Å². The number of para-hydroxylation sites is 2. The van der Waals surface area contributed by atoms with Crippen molar-refractivity contribution >= 4 is 23.2 Å². The molecule has 2 aliphatic heterocycles. The second-order valence-electron chi connectivity index (χ2n) is 4.45. The summed E-state index contributed by atoms with van der Waals surface area (Å²) in [5.74, 6) is -0.162. The molecule has 1 aliphatic carbocycles. The lowest BCUT2D eigenvalue weighted by molar-refractivity contribution is -0.124. The van der Waals surface area contributed by atoms with Crippen LogP contribution in [0.4, 0.5) is 5.69 Å². The number of fused-ring (bicyclic) bond motifs is 3. The molecule has 0 radical (unpaired) electrons. The highest BCUT2D eigenvalue weighted by atomic mass is 16.5. The molecule has 92 valence electrons. The molecule has 0 saturated carbocycles. The molecule has 0 saturated heterocycles. The fourth-order valence-electron chi connectivity index (χ4n) is 2.44. The second kappa shape index (κ2) is 3.41. The molecule has 3 aliphatic rings. The molecule has 1 aromatic carbocycles. The molecule has 5 nitrogen and oxygen atoms in total. The molecule has 0 fully saturated rings. The fraction of sp³-hybridized carbons (Fsp3) is 0.0714. The van der Waals surface area contributed by atoms with E-state index < -0.39 is 12.0 Å². The van der Waals surface area contributed by atoms with E-state index in [2.05, 4.69) is 10.3 Å². The average molecular weight is 252 g/mol. The number of imide groups is 1. The van der Waals surface area contributed by atoms with E-state index in [1.807, 2.05) is 18.2 Å². The average Bonchev–Trinajstić information content (AvgIpc) is 2.72. The summed E-state index contributed by atoms with van der Waals surface area (Å²) in [7, 11) is 0. The highest BCUT2D eigenvalue weighted by molar-refractivity contribution is 6.26. The van der Waals surface area contributed by atoms with E-state index in [1.165, 1.54) is 0 Å². The van der Waals surface area contributed by atoms with Crippen LogP contribution in [0.3, 0.4) is 0 Å². The number of carbonyl (C=O) groups is 2. The minimum absolute atomic E-state index is 0.348.